The number of halogens is 1. The number of hydrogen-bond acceptors (Lipinski definition) is 6. The molecule has 1 atom stereocenters. The van der Waals surface area contributed by atoms with Crippen LogP contribution in [0.15, 0.2) is 84.1 Å². The highest BCUT2D eigenvalue weighted by atomic mass is 32.2. The molecular weight excluding hydrogens is 529 g/mol. The fraction of sp³-hybridized carbons (Fsp3) is 0.300. The first kappa shape index (κ1) is 26.3. The van der Waals surface area contributed by atoms with Crippen molar-refractivity contribution >= 4 is 32.5 Å². The number of aromatic nitrogens is 2. The lowest BCUT2D eigenvalue weighted by Gasteiger charge is -2.39. The third-order valence-corrected chi connectivity index (χ3v) is 9.69. The molecule has 2 aliphatic rings. The molecule has 4 aromatic rings. The third-order valence-electron chi connectivity index (χ3n) is 7.83. The Labute approximate surface area is 233 Å². The fourth-order valence-corrected chi connectivity index (χ4v) is 7.27. The number of sulfonamides is 1. The Balaban J connectivity index is 1.13. The second kappa shape index (κ2) is 10.9. The molecule has 0 bridgehead atoms. The number of benzene rings is 2. The van der Waals surface area contributed by atoms with Crippen LogP contribution in [0.25, 0.3) is 22.0 Å². The summed E-state index contributed by atoms with van der Waals surface area (Å²) in [4.78, 5) is 26.1. The van der Waals surface area contributed by atoms with Crippen molar-refractivity contribution in [1.82, 2.24) is 19.2 Å². The van der Waals surface area contributed by atoms with Crippen molar-refractivity contribution in [3.63, 3.8) is 0 Å². The van der Waals surface area contributed by atoms with Gasteiger partial charge in [-0.2, -0.15) is 4.31 Å². The first-order valence-corrected chi connectivity index (χ1v) is 14.9. The zero-order valence-electron chi connectivity index (χ0n) is 22.0. The maximum atomic E-state index is 13.7. The van der Waals surface area contributed by atoms with E-state index >= 15 is 0 Å². The van der Waals surface area contributed by atoms with Gasteiger partial charge in [-0.3, -0.25) is 14.8 Å². The van der Waals surface area contributed by atoms with Gasteiger partial charge in [0.2, 0.25) is 15.9 Å². The van der Waals surface area contributed by atoms with E-state index in [0.29, 0.717) is 51.1 Å². The molecular formula is C30H30FN5O3S. The van der Waals surface area contributed by atoms with E-state index in [-0.39, 0.29) is 29.1 Å². The standard InChI is InChI=1S/C30H30FN5O3S/c31-25-6-7-27-28(20-25)33-13-10-29(27)34-15-17-35(18-16-34)30(37)24-4-2-14-36(21-24)40(38,39)26-5-1-3-23(19-26)22-8-11-32-12-9-22/h1,3,5-13,19-20,24H,2,4,14-18,21H2. The predicted octanol–water partition coefficient (Wildman–Crippen LogP) is 4.19. The second-order valence-corrected chi connectivity index (χ2v) is 12.2. The van der Waals surface area contributed by atoms with Crippen molar-refractivity contribution in [3.8, 4) is 11.1 Å². The Bertz CT molecular complexity index is 1640. The van der Waals surface area contributed by atoms with Gasteiger partial charge in [-0.15, -0.1) is 0 Å². The first-order chi connectivity index (χ1) is 19.4. The molecule has 0 N–H and O–H groups in total. The second-order valence-electron chi connectivity index (χ2n) is 10.3. The number of fused-ring (bicyclic) bond motifs is 1. The van der Waals surface area contributed by atoms with E-state index in [1.54, 1.807) is 42.9 Å². The van der Waals surface area contributed by atoms with Crippen molar-refractivity contribution in [2.75, 3.05) is 44.2 Å². The zero-order chi connectivity index (χ0) is 27.7. The summed E-state index contributed by atoms with van der Waals surface area (Å²) in [7, 11) is -3.75. The van der Waals surface area contributed by atoms with E-state index in [2.05, 4.69) is 14.9 Å². The molecule has 8 nitrogen and oxygen atoms in total. The SMILES string of the molecule is O=C(C1CCCN(S(=O)(=O)c2cccc(-c3ccncc3)c2)C1)N1CCN(c2ccnc3cc(F)ccc23)CC1. The minimum atomic E-state index is -3.75. The van der Waals surface area contributed by atoms with Crippen LogP contribution in [0.5, 0.6) is 0 Å². The Morgan fingerprint density at radius 1 is 0.875 bits per heavy atom. The molecule has 4 heterocycles. The minimum Gasteiger partial charge on any atom is -0.367 e. The van der Waals surface area contributed by atoms with E-state index in [1.807, 2.05) is 29.2 Å². The molecule has 2 saturated heterocycles. The van der Waals surface area contributed by atoms with Crippen LogP contribution in [0.1, 0.15) is 12.8 Å². The highest BCUT2D eigenvalue weighted by Crippen LogP contribution is 2.30. The highest BCUT2D eigenvalue weighted by molar-refractivity contribution is 7.89. The molecule has 1 unspecified atom stereocenters. The summed E-state index contributed by atoms with van der Waals surface area (Å²) in [6.45, 7) is 2.94. The lowest BCUT2D eigenvalue weighted by molar-refractivity contribution is -0.137. The molecule has 40 heavy (non-hydrogen) atoms. The molecule has 6 rings (SSSR count). The molecule has 2 aromatic carbocycles. The van der Waals surface area contributed by atoms with Gasteiger partial charge in [0.15, 0.2) is 0 Å². The van der Waals surface area contributed by atoms with Crippen molar-refractivity contribution in [2.24, 2.45) is 5.92 Å². The monoisotopic (exact) mass is 559 g/mol. The third kappa shape index (κ3) is 5.16. The Hall–Kier alpha value is -3.89. The van der Waals surface area contributed by atoms with Crippen molar-refractivity contribution < 1.29 is 17.6 Å². The van der Waals surface area contributed by atoms with Crippen molar-refractivity contribution in [1.29, 1.82) is 0 Å². The number of pyridine rings is 2. The summed E-state index contributed by atoms with van der Waals surface area (Å²) in [5.74, 6) is -0.688. The molecule has 0 saturated carbocycles. The summed E-state index contributed by atoms with van der Waals surface area (Å²) >= 11 is 0. The van der Waals surface area contributed by atoms with Gasteiger partial charge >= 0.3 is 0 Å². The number of carbonyl (C=O) groups is 1. The van der Waals surface area contributed by atoms with Crippen LogP contribution in [0.3, 0.4) is 0 Å². The largest absolute Gasteiger partial charge is 0.367 e. The average Bonchev–Trinajstić information content (AvgIpc) is 3.01. The Morgan fingerprint density at radius 3 is 2.48 bits per heavy atom. The van der Waals surface area contributed by atoms with E-state index in [9.17, 15) is 17.6 Å². The van der Waals surface area contributed by atoms with Gasteiger partial charge in [0, 0.05) is 75.0 Å². The van der Waals surface area contributed by atoms with Gasteiger partial charge in [-0.1, -0.05) is 12.1 Å². The molecule has 2 fully saturated rings. The van der Waals surface area contributed by atoms with Gasteiger partial charge in [0.05, 0.1) is 16.3 Å². The summed E-state index contributed by atoms with van der Waals surface area (Å²) in [5, 5.41) is 0.879. The number of piperazine rings is 1. The molecule has 2 aromatic heterocycles. The first-order valence-electron chi connectivity index (χ1n) is 13.5. The molecule has 0 aliphatic carbocycles. The number of anilines is 1. The molecule has 206 valence electrons. The van der Waals surface area contributed by atoms with Gasteiger partial charge in [0.1, 0.15) is 5.82 Å². The Morgan fingerprint density at radius 2 is 1.68 bits per heavy atom. The number of rotatable bonds is 5. The summed E-state index contributed by atoms with van der Waals surface area (Å²) in [6, 6.07) is 17.1. The number of nitrogens with zero attached hydrogens (tertiary/aromatic N) is 5. The van der Waals surface area contributed by atoms with Crippen LogP contribution >= 0.6 is 0 Å². The molecule has 0 radical (unpaired) electrons. The highest BCUT2D eigenvalue weighted by Gasteiger charge is 2.36. The maximum absolute atomic E-state index is 13.7. The number of hydrogen-bond donors (Lipinski definition) is 0. The molecule has 10 heteroatoms. The topological polar surface area (TPSA) is 86.7 Å². The molecule has 2 aliphatic heterocycles. The molecule has 1 amide bonds. The van der Waals surface area contributed by atoms with Gasteiger partial charge in [0.25, 0.3) is 0 Å². The number of piperidine rings is 1. The van der Waals surface area contributed by atoms with Crippen LogP contribution in [-0.2, 0) is 14.8 Å². The van der Waals surface area contributed by atoms with Crippen LogP contribution in [0.2, 0.25) is 0 Å². The summed E-state index contributed by atoms with van der Waals surface area (Å²) in [6.07, 6.45) is 6.34. The number of amides is 1. The number of carbonyl (C=O) groups excluding carboxylic acids is 1. The van der Waals surface area contributed by atoms with Gasteiger partial charge < -0.3 is 9.80 Å². The van der Waals surface area contributed by atoms with Gasteiger partial charge in [-0.05, 0) is 66.4 Å². The minimum absolute atomic E-state index is 0.00624. The quantitative estimate of drug-likeness (QED) is 0.365. The van der Waals surface area contributed by atoms with Crippen molar-refractivity contribution in [3.05, 3.63) is 85.1 Å². The smallest absolute Gasteiger partial charge is 0.243 e. The lowest BCUT2D eigenvalue weighted by Crippen LogP contribution is -2.53. The van der Waals surface area contributed by atoms with Crippen LogP contribution in [-0.4, -0.2) is 72.8 Å². The van der Waals surface area contributed by atoms with Crippen LogP contribution in [0.4, 0.5) is 10.1 Å². The molecule has 0 spiro atoms. The van der Waals surface area contributed by atoms with Gasteiger partial charge in [-0.25, -0.2) is 12.8 Å². The Kier molecular flexibility index (Phi) is 7.20. The normalized spacial score (nSPS) is 18.7. The van der Waals surface area contributed by atoms with E-state index < -0.39 is 10.0 Å². The van der Waals surface area contributed by atoms with E-state index in [0.717, 1.165) is 22.2 Å². The van der Waals surface area contributed by atoms with E-state index in [1.165, 1.54) is 16.4 Å². The zero-order valence-corrected chi connectivity index (χ0v) is 22.8. The summed E-state index contributed by atoms with van der Waals surface area (Å²) < 4.78 is 42.3. The summed E-state index contributed by atoms with van der Waals surface area (Å²) in [5.41, 5.74) is 3.27. The van der Waals surface area contributed by atoms with Crippen LogP contribution < -0.4 is 4.90 Å². The predicted molar refractivity (Wildman–Crippen MR) is 152 cm³/mol. The lowest BCUT2D eigenvalue weighted by atomic mass is 9.97. The fourth-order valence-electron chi connectivity index (χ4n) is 5.70. The van der Waals surface area contributed by atoms with Crippen molar-refractivity contribution in [2.45, 2.75) is 17.7 Å². The van der Waals surface area contributed by atoms with Crippen LogP contribution in [0, 0.1) is 11.7 Å². The maximum Gasteiger partial charge on any atom is 0.243 e. The average molecular weight is 560 g/mol. The van der Waals surface area contributed by atoms with E-state index in [4.69, 9.17) is 0 Å².